The number of para-hydroxylation sites is 1. The van der Waals surface area contributed by atoms with E-state index in [1.807, 2.05) is 24.3 Å². The Bertz CT molecular complexity index is 1180. The summed E-state index contributed by atoms with van der Waals surface area (Å²) in [5.41, 5.74) is 3.14. The highest BCUT2D eigenvalue weighted by Crippen LogP contribution is 2.43. The van der Waals surface area contributed by atoms with Crippen molar-refractivity contribution >= 4 is 38.4 Å². The number of ketones is 1. The number of hydrogen-bond donors (Lipinski definition) is 2. The number of aromatic nitrogens is 1. The fraction of sp³-hybridized carbons (Fsp3) is 0.261. The van der Waals surface area contributed by atoms with E-state index in [2.05, 4.69) is 29.5 Å². The van der Waals surface area contributed by atoms with Gasteiger partial charge in [0, 0.05) is 17.7 Å². The molecule has 30 heavy (non-hydrogen) atoms. The van der Waals surface area contributed by atoms with Crippen molar-refractivity contribution in [1.29, 1.82) is 0 Å². The first-order chi connectivity index (χ1) is 14.4. The van der Waals surface area contributed by atoms with Crippen LogP contribution >= 0.6 is 11.3 Å². The Morgan fingerprint density at radius 3 is 2.67 bits per heavy atom. The number of nitrogens with one attached hydrogen (secondary N) is 2. The van der Waals surface area contributed by atoms with Gasteiger partial charge in [-0.3, -0.25) is 4.79 Å². The Morgan fingerprint density at radius 2 is 1.90 bits per heavy atom. The van der Waals surface area contributed by atoms with E-state index in [4.69, 9.17) is 4.99 Å². The fourth-order valence-electron chi connectivity index (χ4n) is 4.11. The van der Waals surface area contributed by atoms with E-state index in [9.17, 15) is 9.18 Å². The molecule has 7 heteroatoms. The van der Waals surface area contributed by atoms with Gasteiger partial charge in [0.15, 0.2) is 10.9 Å². The number of aliphatic imine (C=N–C) groups is 1. The van der Waals surface area contributed by atoms with E-state index in [-0.39, 0.29) is 17.0 Å². The topological polar surface area (TPSA) is 66.4 Å². The number of nitrogens with zero attached hydrogens (tertiary/aromatic N) is 2. The largest absolute Gasteiger partial charge is 0.329 e. The van der Waals surface area contributed by atoms with Crippen LogP contribution in [0.4, 0.5) is 9.52 Å². The van der Waals surface area contributed by atoms with Crippen LogP contribution in [0, 0.1) is 11.2 Å². The van der Waals surface area contributed by atoms with Crippen molar-refractivity contribution in [2.45, 2.75) is 32.7 Å². The second-order valence-corrected chi connectivity index (χ2v) is 9.53. The van der Waals surface area contributed by atoms with Gasteiger partial charge in [-0.25, -0.2) is 14.4 Å². The van der Waals surface area contributed by atoms with Crippen LogP contribution in [0.5, 0.6) is 0 Å². The van der Waals surface area contributed by atoms with E-state index in [0.717, 1.165) is 33.0 Å². The molecule has 3 aromatic rings. The van der Waals surface area contributed by atoms with Crippen LogP contribution in [-0.2, 0) is 4.79 Å². The molecule has 1 aliphatic heterocycles. The lowest BCUT2D eigenvalue weighted by Gasteiger charge is -2.37. The zero-order chi connectivity index (χ0) is 20.9. The molecule has 0 bridgehead atoms. The van der Waals surface area contributed by atoms with Crippen molar-refractivity contribution in [1.82, 2.24) is 10.3 Å². The molecule has 0 spiro atoms. The minimum Gasteiger partial charge on any atom is -0.329 e. The van der Waals surface area contributed by atoms with Crippen LogP contribution in [0.15, 0.2) is 64.8 Å². The van der Waals surface area contributed by atoms with Gasteiger partial charge < -0.3 is 10.6 Å². The lowest BCUT2D eigenvalue weighted by molar-refractivity contribution is -0.118. The number of benzene rings is 2. The highest BCUT2D eigenvalue weighted by atomic mass is 32.1. The first kappa shape index (κ1) is 18.9. The molecule has 0 saturated carbocycles. The smallest absolute Gasteiger partial charge is 0.202 e. The third-order valence-electron chi connectivity index (χ3n) is 5.43. The van der Waals surface area contributed by atoms with Crippen LogP contribution in [0.2, 0.25) is 0 Å². The Hall–Kier alpha value is -3.06. The molecular weight excluding hydrogens is 399 g/mol. The molecule has 2 aromatic carbocycles. The molecule has 0 amide bonds. The van der Waals surface area contributed by atoms with Gasteiger partial charge >= 0.3 is 0 Å². The molecule has 0 unspecified atom stereocenters. The average molecular weight is 421 g/mol. The summed E-state index contributed by atoms with van der Waals surface area (Å²) in [6, 6.07) is 13.7. The first-order valence-corrected chi connectivity index (χ1v) is 10.7. The standard InChI is InChI=1S/C23H21FN4OS/c1-23(2)11-16-19(17(29)12-23)20(13-7-9-14(24)10-8-13)27-21(25-16)28-22-26-15-5-3-4-6-18(15)30-22/h3-10,20H,11-12H2,1-2H3,(H2,25,26,27,28)/t20-/m0/s1. The average Bonchev–Trinajstić information content (AvgIpc) is 3.09. The zero-order valence-corrected chi connectivity index (χ0v) is 17.5. The molecule has 1 atom stereocenters. The normalized spacial score (nSPS) is 20.6. The third kappa shape index (κ3) is 3.50. The third-order valence-corrected chi connectivity index (χ3v) is 6.38. The maximum Gasteiger partial charge on any atom is 0.202 e. The predicted octanol–water partition coefficient (Wildman–Crippen LogP) is 5.19. The number of Topliss-reactive ketones (excluding diaryl/α,β-unsaturated/α-hetero) is 1. The molecule has 1 aromatic heterocycles. The molecule has 5 rings (SSSR count). The van der Waals surface area contributed by atoms with Crippen LogP contribution in [-0.4, -0.2) is 16.7 Å². The number of rotatable bonds is 2. The minimum atomic E-state index is -0.470. The van der Waals surface area contributed by atoms with Gasteiger partial charge in [-0.2, -0.15) is 0 Å². The van der Waals surface area contributed by atoms with Gasteiger partial charge in [-0.05, 0) is 41.7 Å². The Morgan fingerprint density at radius 1 is 1.13 bits per heavy atom. The Balaban J connectivity index is 1.54. The van der Waals surface area contributed by atoms with Crippen molar-refractivity contribution in [2.75, 3.05) is 5.32 Å². The lowest BCUT2D eigenvalue weighted by atomic mass is 9.73. The summed E-state index contributed by atoms with van der Waals surface area (Å²) in [6.07, 6.45) is 1.22. The van der Waals surface area contributed by atoms with Gasteiger partial charge in [0.05, 0.1) is 10.2 Å². The van der Waals surface area contributed by atoms with E-state index in [1.54, 1.807) is 23.5 Å². The fourth-order valence-corrected chi connectivity index (χ4v) is 4.97. The van der Waals surface area contributed by atoms with Crippen molar-refractivity contribution in [3.05, 3.63) is 71.2 Å². The number of guanidine groups is 1. The van der Waals surface area contributed by atoms with E-state index in [1.165, 1.54) is 12.1 Å². The zero-order valence-electron chi connectivity index (χ0n) is 16.7. The van der Waals surface area contributed by atoms with E-state index < -0.39 is 6.04 Å². The molecule has 2 N–H and O–H groups in total. The number of carbonyl (C=O) groups excluding carboxylic acids is 1. The van der Waals surface area contributed by atoms with Gasteiger partial charge in [0.1, 0.15) is 11.9 Å². The molecule has 0 radical (unpaired) electrons. The second-order valence-electron chi connectivity index (χ2n) is 8.50. The molecule has 152 valence electrons. The second kappa shape index (κ2) is 7.02. The number of halogens is 1. The summed E-state index contributed by atoms with van der Waals surface area (Å²) in [4.78, 5) is 22.4. The van der Waals surface area contributed by atoms with Crippen LogP contribution in [0.3, 0.4) is 0 Å². The quantitative estimate of drug-likeness (QED) is 0.599. The summed E-state index contributed by atoms with van der Waals surface area (Å²) in [6.45, 7) is 4.19. The molecule has 2 heterocycles. The SMILES string of the molecule is CC1(C)CC(=O)C2=C(C1)NC(Nc1nc3ccccc3s1)=N[C@H]2c1ccc(F)cc1. The van der Waals surface area contributed by atoms with Gasteiger partial charge in [-0.1, -0.05) is 49.4 Å². The molecule has 5 nitrogen and oxygen atoms in total. The minimum absolute atomic E-state index is 0.0888. The summed E-state index contributed by atoms with van der Waals surface area (Å²) < 4.78 is 14.6. The first-order valence-electron chi connectivity index (χ1n) is 9.87. The van der Waals surface area contributed by atoms with Crippen molar-refractivity contribution in [2.24, 2.45) is 10.4 Å². The number of fused-ring (bicyclic) bond motifs is 1. The van der Waals surface area contributed by atoms with Crippen LogP contribution in [0.1, 0.15) is 38.3 Å². The number of anilines is 1. The maximum atomic E-state index is 13.5. The summed E-state index contributed by atoms with van der Waals surface area (Å²) in [5.74, 6) is 0.327. The number of allylic oxidation sites excluding steroid dienone is 1. The van der Waals surface area contributed by atoms with E-state index in [0.29, 0.717) is 18.0 Å². The highest BCUT2D eigenvalue weighted by Gasteiger charge is 2.39. The summed E-state index contributed by atoms with van der Waals surface area (Å²) in [5, 5.41) is 7.35. The Kier molecular flexibility index (Phi) is 4.43. The van der Waals surface area contributed by atoms with Crippen LogP contribution < -0.4 is 10.6 Å². The number of carbonyl (C=O) groups is 1. The number of thiazole rings is 1. The molecule has 2 aliphatic rings. The lowest BCUT2D eigenvalue weighted by Crippen LogP contribution is -2.41. The molecule has 0 fully saturated rings. The van der Waals surface area contributed by atoms with Gasteiger partial charge in [0.25, 0.3) is 0 Å². The van der Waals surface area contributed by atoms with Crippen molar-refractivity contribution < 1.29 is 9.18 Å². The molecular formula is C23H21FN4OS. The Labute approximate surface area is 177 Å². The van der Waals surface area contributed by atoms with Gasteiger partial charge in [0.2, 0.25) is 5.96 Å². The number of hydrogen-bond acceptors (Lipinski definition) is 6. The monoisotopic (exact) mass is 420 g/mol. The maximum absolute atomic E-state index is 13.5. The molecule has 0 saturated heterocycles. The highest BCUT2D eigenvalue weighted by molar-refractivity contribution is 7.22. The van der Waals surface area contributed by atoms with E-state index >= 15 is 0 Å². The van der Waals surface area contributed by atoms with Crippen LogP contribution in [0.25, 0.3) is 10.2 Å². The van der Waals surface area contributed by atoms with Crippen molar-refractivity contribution in [3.8, 4) is 0 Å². The molecule has 1 aliphatic carbocycles. The summed E-state index contributed by atoms with van der Waals surface area (Å²) >= 11 is 1.54. The van der Waals surface area contributed by atoms with Gasteiger partial charge in [-0.15, -0.1) is 0 Å². The van der Waals surface area contributed by atoms with Crippen molar-refractivity contribution in [3.63, 3.8) is 0 Å². The predicted molar refractivity (Wildman–Crippen MR) is 118 cm³/mol. The summed E-state index contributed by atoms with van der Waals surface area (Å²) in [7, 11) is 0.